The molecule has 0 spiro atoms. The van der Waals surface area contributed by atoms with E-state index in [9.17, 15) is 4.79 Å². The van der Waals surface area contributed by atoms with Crippen molar-refractivity contribution in [3.63, 3.8) is 0 Å². The third-order valence-electron chi connectivity index (χ3n) is 4.29. The zero-order valence-corrected chi connectivity index (χ0v) is 15.9. The third kappa shape index (κ3) is 3.34. The highest BCUT2D eigenvalue weighted by Crippen LogP contribution is 2.34. The Bertz CT molecular complexity index is 1040. The number of aromatic nitrogens is 2. The lowest BCUT2D eigenvalue weighted by Crippen LogP contribution is -2.13. The van der Waals surface area contributed by atoms with Crippen molar-refractivity contribution in [2.45, 2.75) is 25.0 Å². The summed E-state index contributed by atoms with van der Waals surface area (Å²) in [5, 5.41) is 1.20. The van der Waals surface area contributed by atoms with Crippen LogP contribution in [0.15, 0.2) is 34.1 Å². The number of hydrogen-bond donors (Lipinski definition) is 2. The number of H-pyrrole nitrogens is 1. The van der Waals surface area contributed by atoms with E-state index in [2.05, 4.69) is 15.0 Å². The van der Waals surface area contributed by atoms with Gasteiger partial charge in [-0.3, -0.25) is 4.79 Å². The summed E-state index contributed by atoms with van der Waals surface area (Å²) in [6.45, 7) is 0. The van der Waals surface area contributed by atoms with Gasteiger partial charge >= 0.3 is 0 Å². The number of thiophene rings is 1. The molecule has 1 aliphatic carbocycles. The van der Waals surface area contributed by atoms with Gasteiger partial charge in [0.25, 0.3) is 5.56 Å². The van der Waals surface area contributed by atoms with Gasteiger partial charge < -0.3 is 15.5 Å². The maximum atomic E-state index is 12.4. The van der Waals surface area contributed by atoms with Crippen molar-refractivity contribution in [3.05, 3.63) is 50.9 Å². The number of ether oxygens (including phenoxy) is 1. The van der Waals surface area contributed by atoms with Crippen molar-refractivity contribution >= 4 is 44.2 Å². The van der Waals surface area contributed by atoms with Gasteiger partial charge in [0, 0.05) is 4.88 Å². The first-order valence-electron chi connectivity index (χ1n) is 8.28. The van der Waals surface area contributed by atoms with Gasteiger partial charge in [0.1, 0.15) is 16.4 Å². The molecular formula is C18H18N4O2S2. The minimum atomic E-state index is -0.0457. The van der Waals surface area contributed by atoms with Gasteiger partial charge in [-0.05, 0) is 49.1 Å². The standard InChI is InChI=1S/C18H18N4O2S2/c1-24-11-7-5-10(6-8-11)20-18(19)25-9-14-21-16(23)15-12-3-2-4-13(12)26-17(15)22-14/h5-8H,2-4,9H2,1H3,(H2,19,20)(H,21,22,23). The van der Waals surface area contributed by atoms with Crippen LogP contribution in [-0.4, -0.2) is 22.2 Å². The van der Waals surface area contributed by atoms with Gasteiger partial charge in [0.15, 0.2) is 5.17 Å². The largest absolute Gasteiger partial charge is 0.497 e. The molecule has 0 amide bonds. The van der Waals surface area contributed by atoms with Crippen LogP contribution >= 0.6 is 23.1 Å². The molecule has 0 unspecified atom stereocenters. The number of rotatable bonds is 4. The summed E-state index contributed by atoms with van der Waals surface area (Å²) in [5.74, 6) is 1.87. The summed E-state index contributed by atoms with van der Waals surface area (Å²) in [6, 6.07) is 7.34. The molecule has 2 aromatic heterocycles. The van der Waals surface area contributed by atoms with E-state index in [0.29, 0.717) is 16.7 Å². The van der Waals surface area contributed by atoms with E-state index in [1.807, 2.05) is 24.3 Å². The van der Waals surface area contributed by atoms with Crippen molar-refractivity contribution in [2.75, 3.05) is 7.11 Å². The topological polar surface area (TPSA) is 93.4 Å². The van der Waals surface area contributed by atoms with Gasteiger partial charge in [-0.25, -0.2) is 9.98 Å². The van der Waals surface area contributed by atoms with Crippen molar-refractivity contribution in [2.24, 2.45) is 10.7 Å². The highest BCUT2D eigenvalue weighted by Gasteiger charge is 2.21. The molecule has 2 heterocycles. The van der Waals surface area contributed by atoms with Crippen molar-refractivity contribution in [3.8, 4) is 5.75 Å². The Morgan fingerprint density at radius 2 is 2.19 bits per heavy atom. The lowest BCUT2D eigenvalue weighted by atomic mass is 10.2. The second kappa shape index (κ2) is 7.13. The Labute approximate surface area is 158 Å². The van der Waals surface area contributed by atoms with E-state index in [1.54, 1.807) is 18.4 Å². The Kier molecular flexibility index (Phi) is 4.69. The Balaban J connectivity index is 1.50. The van der Waals surface area contributed by atoms with Gasteiger partial charge in [-0.2, -0.15) is 0 Å². The average Bonchev–Trinajstić information content (AvgIpc) is 3.21. The van der Waals surface area contributed by atoms with E-state index in [-0.39, 0.29) is 5.56 Å². The molecule has 1 aromatic carbocycles. The maximum absolute atomic E-state index is 12.4. The van der Waals surface area contributed by atoms with Crippen LogP contribution in [-0.2, 0) is 18.6 Å². The van der Waals surface area contributed by atoms with Crippen LogP contribution in [0.1, 0.15) is 22.7 Å². The number of hydrogen-bond acceptors (Lipinski definition) is 6. The number of aryl methyl sites for hydroxylation is 2. The number of thioether (sulfide) groups is 1. The summed E-state index contributed by atoms with van der Waals surface area (Å²) < 4.78 is 5.12. The molecule has 0 bridgehead atoms. The summed E-state index contributed by atoms with van der Waals surface area (Å²) >= 11 is 2.99. The molecule has 134 valence electrons. The van der Waals surface area contributed by atoms with E-state index in [1.165, 1.54) is 22.2 Å². The molecule has 0 aliphatic heterocycles. The molecule has 6 nitrogen and oxygen atoms in total. The third-order valence-corrected chi connectivity index (χ3v) is 6.28. The van der Waals surface area contributed by atoms with Crippen LogP contribution in [0.3, 0.4) is 0 Å². The number of benzene rings is 1. The summed E-state index contributed by atoms with van der Waals surface area (Å²) in [6.07, 6.45) is 3.17. The number of nitrogens with two attached hydrogens (primary N) is 1. The number of fused-ring (bicyclic) bond motifs is 3. The Morgan fingerprint density at radius 1 is 1.38 bits per heavy atom. The van der Waals surface area contributed by atoms with Crippen LogP contribution < -0.4 is 16.0 Å². The molecule has 0 saturated heterocycles. The smallest absolute Gasteiger partial charge is 0.259 e. The number of aromatic amines is 1. The second-order valence-electron chi connectivity index (χ2n) is 5.99. The molecular weight excluding hydrogens is 368 g/mol. The summed E-state index contributed by atoms with van der Waals surface area (Å²) in [4.78, 5) is 26.5. The Hall–Kier alpha value is -2.32. The zero-order chi connectivity index (χ0) is 18.1. The molecule has 4 rings (SSSR count). The predicted octanol–water partition coefficient (Wildman–Crippen LogP) is 3.36. The van der Waals surface area contributed by atoms with Crippen molar-refractivity contribution < 1.29 is 4.74 Å². The first kappa shape index (κ1) is 17.1. The molecule has 1 aliphatic rings. The van der Waals surface area contributed by atoms with Crippen molar-refractivity contribution in [1.82, 2.24) is 9.97 Å². The lowest BCUT2D eigenvalue weighted by molar-refractivity contribution is 0.415. The highest BCUT2D eigenvalue weighted by atomic mass is 32.2. The number of aliphatic imine (C=N–C) groups is 1. The fourth-order valence-corrected chi connectivity index (χ4v) is 4.95. The normalized spacial score (nSPS) is 14.0. The first-order valence-corrected chi connectivity index (χ1v) is 10.1. The maximum Gasteiger partial charge on any atom is 0.259 e. The minimum Gasteiger partial charge on any atom is -0.497 e. The van der Waals surface area contributed by atoms with Gasteiger partial charge in [0.2, 0.25) is 0 Å². The number of nitrogens with one attached hydrogen (secondary N) is 1. The van der Waals surface area contributed by atoms with Crippen LogP contribution in [0, 0.1) is 0 Å². The molecule has 0 saturated carbocycles. The van der Waals surface area contributed by atoms with Crippen LogP contribution in [0.5, 0.6) is 5.75 Å². The zero-order valence-electron chi connectivity index (χ0n) is 14.2. The molecule has 3 aromatic rings. The first-order chi connectivity index (χ1) is 12.6. The van der Waals surface area contributed by atoms with Crippen LogP contribution in [0.25, 0.3) is 10.2 Å². The molecule has 26 heavy (non-hydrogen) atoms. The SMILES string of the molecule is COc1ccc(N=C(N)SCc2nc3sc4c(c3c(=O)[nH]2)CCC4)cc1. The fourth-order valence-electron chi connectivity index (χ4n) is 3.07. The second-order valence-corrected chi connectivity index (χ2v) is 8.07. The number of nitrogens with zero attached hydrogens (tertiary/aromatic N) is 2. The van der Waals surface area contributed by atoms with Crippen molar-refractivity contribution in [1.29, 1.82) is 0 Å². The fraction of sp³-hybridized carbons (Fsp3) is 0.278. The molecule has 3 N–H and O–H groups in total. The van der Waals surface area contributed by atoms with Gasteiger partial charge in [-0.1, -0.05) is 11.8 Å². The summed E-state index contributed by atoms with van der Waals surface area (Å²) in [7, 11) is 1.62. The van der Waals surface area contributed by atoms with Crippen LogP contribution in [0.4, 0.5) is 5.69 Å². The van der Waals surface area contributed by atoms with E-state index >= 15 is 0 Å². The highest BCUT2D eigenvalue weighted by molar-refractivity contribution is 8.13. The van der Waals surface area contributed by atoms with Gasteiger partial charge in [0.05, 0.1) is 23.9 Å². The Morgan fingerprint density at radius 3 is 2.96 bits per heavy atom. The van der Waals surface area contributed by atoms with E-state index in [4.69, 9.17) is 10.5 Å². The molecule has 0 fully saturated rings. The molecule has 0 atom stereocenters. The van der Waals surface area contributed by atoms with E-state index in [0.717, 1.165) is 40.9 Å². The summed E-state index contributed by atoms with van der Waals surface area (Å²) in [5.41, 5.74) is 7.90. The number of methoxy groups -OCH3 is 1. The molecule has 0 radical (unpaired) electrons. The average molecular weight is 387 g/mol. The molecule has 8 heteroatoms. The van der Waals surface area contributed by atoms with E-state index < -0.39 is 0 Å². The van der Waals surface area contributed by atoms with Gasteiger partial charge in [-0.15, -0.1) is 11.3 Å². The quantitative estimate of drug-likeness (QED) is 0.530. The van der Waals surface area contributed by atoms with Crippen LogP contribution in [0.2, 0.25) is 0 Å². The predicted molar refractivity (Wildman–Crippen MR) is 108 cm³/mol. The lowest BCUT2D eigenvalue weighted by Gasteiger charge is -2.03. The minimum absolute atomic E-state index is 0.0457. The monoisotopic (exact) mass is 386 g/mol. The number of amidine groups is 1.